The van der Waals surface area contributed by atoms with E-state index in [4.69, 9.17) is 0 Å². The molecule has 0 unspecified atom stereocenters. The highest BCUT2D eigenvalue weighted by atomic mass is 16.5. The average Bonchev–Trinajstić information content (AvgIpc) is 2.62. The van der Waals surface area contributed by atoms with Gasteiger partial charge in [-0.25, -0.2) is 9.78 Å². The highest BCUT2D eigenvalue weighted by Crippen LogP contribution is 1.94. The molecule has 0 aliphatic rings. The average molecular weight is 184 g/mol. The van der Waals surface area contributed by atoms with Crippen LogP contribution >= 0.6 is 0 Å². The Morgan fingerprint density at radius 3 is 3.08 bits per heavy atom. The highest BCUT2D eigenvalue weighted by molar-refractivity contribution is 5.84. The molecule has 0 saturated heterocycles. The first-order chi connectivity index (χ1) is 6.27. The topological polar surface area (TPSA) is 79.9 Å². The summed E-state index contributed by atoms with van der Waals surface area (Å²) in [6.45, 7) is 0.788. The molecular weight excluding hydrogens is 172 g/mol. The van der Waals surface area contributed by atoms with E-state index in [1.165, 1.54) is 7.11 Å². The lowest BCUT2D eigenvalue weighted by Crippen LogP contribution is -2.11. The van der Waals surface area contributed by atoms with Crippen LogP contribution in [0.5, 0.6) is 0 Å². The maximum absolute atomic E-state index is 10.9. The first-order valence-corrected chi connectivity index (χ1v) is 3.92. The van der Waals surface area contributed by atoms with Crippen LogP contribution in [0.3, 0.4) is 0 Å². The van der Waals surface area contributed by atoms with Gasteiger partial charge in [-0.05, 0) is 7.05 Å². The van der Waals surface area contributed by atoms with Crippen molar-refractivity contribution in [1.82, 2.24) is 20.5 Å². The molecule has 1 aromatic heterocycles. The number of nitrogens with one attached hydrogen (secondary N) is 2. The molecule has 0 bridgehead atoms. The van der Waals surface area contributed by atoms with E-state index in [2.05, 4.69) is 25.2 Å². The Labute approximate surface area is 75.7 Å². The zero-order chi connectivity index (χ0) is 9.68. The number of carbonyl (C=O) groups excluding carboxylic acids is 1. The van der Waals surface area contributed by atoms with Gasteiger partial charge >= 0.3 is 5.97 Å². The van der Waals surface area contributed by atoms with E-state index in [0.717, 1.165) is 6.54 Å². The van der Waals surface area contributed by atoms with Gasteiger partial charge < -0.3 is 10.1 Å². The monoisotopic (exact) mass is 184 g/mol. The molecule has 1 aromatic rings. The summed E-state index contributed by atoms with van der Waals surface area (Å²) in [5, 5.41) is 9.32. The number of esters is 1. The predicted octanol–water partition coefficient (Wildman–Crippen LogP) is -0.647. The molecule has 0 atom stereocenters. The number of hydrogen-bond donors (Lipinski definition) is 2. The summed E-state index contributed by atoms with van der Waals surface area (Å²) in [5.74, 6) is 0.232. The van der Waals surface area contributed by atoms with Crippen molar-refractivity contribution < 1.29 is 9.53 Å². The lowest BCUT2D eigenvalue weighted by molar-refractivity contribution is 0.0587. The van der Waals surface area contributed by atoms with Crippen molar-refractivity contribution >= 4 is 5.97 Å². The number of H-pyrrole nitrogens is 1. The summed E-state index contributed by atoms with van der Waals surface area (Å²) in [5.41, 5.74) is 0. The number of methoxy groups -OCH3 is 1. The van der Waals surface area contributed by atoms with Crippen molar-refractivity contribution in [3.8, 4) is 0 Å². The lowest BCUT2D eigenvalue weighted by atomic mass is 10.4. The molecule has 0 spiro atoms. The fourth-order valence-electron chi connectivity index (χ4n) is 0.833. The molecule has 0 aliphatic carbocycles. The quantitative estimate of drug-likeness (QED) is 0.608. The third-order valence-electron chi connectivity index (χ3n) is 1.51. The van der Waals surface area contributed by atoms with E-state index in [9.17, 15) is 4.79 Å². The zero-order valence-corrected chi connectivity index (χ0v) is 7.63. The molecule has 6 heteroatoms. The third kappa shape index (κ3) is 2.51. The van der Waals surface area contributed by atoms with E-state index in [0.29, 0.717) is 12.2 Å². The van der Waals surface area contributed by atoms with Gasteiger partial charge in [-0.15, -0.1) is 5.10 Å². The van der Waals surface area contributed by atoms with Crippen molar-refractivity contribution in [1.29, 1.82) is 0 Å². The summed E-state index contributed by atoms with van der Waals surface area (Å²) in [6.07, 6.45) is 0.709. The first kappa shape index (κ1) is 9.66. The maximum atomic E-state index is 10.9. The number of likely N-dealkylation sites (N-methyl/N-ethyl adjacent to an activating group) is 1. The third-order valence-corrected chi connectivity index (χ3v) is 1.51. The predicted molar refractivity (Wildman–Crippen MR) is 45.4 cm³/mol. The van der Waals surface area contributed by atoms with E-state index < -0.39 is 5.97 Å². The highest BCUT2D eigenvalue weighted by Gasteiger charge is 2.11. The Balaban J connectivity index is 2.58. The molecule has 0 radical (unpaired) electrons. The van der Waals surface area contributed by atoms with Gasteiger partial charge in [0.2, 0.25) is 0 Å². The number of aromatic amines is 1. The molecule has 72 valence electrons. The van der Waals surface area contributed by atoms with Gasteiger partial charge in [-0.3, -0.25) is 5.10 Å². The Bertz CT molecular complexity index is 284. The summed E-state index contributed by atoms with van der Waals surface area (Å²) >= 11 is 0. The van der Waals surface area contributed by atoms with E-state index in [1.807, 2.05) is 7.05 Å². The van der Waals surface area contributed by atoms with Gasteiger partial charge in [-0.2, -0.15) is 0 Å². The van der Waals surface area contributed by atoms with Crippen LogP contribution < -0.4 is 5.32 Å². The number of rotatable bonds is 4. The summed E-state index contributed by atoms with van der Waals surface area (Å²) in [4.78, 5) is 14.9. The molecule has 1 heterocycles. The lowest BCUT2D eigenvalue weighted by Gasteiger charge is -1.92. The van der Waals surface area contributed by atoms with Crippen LogP contribution in [-0.4, -0.2) is 41.9 Å². The molecule has 13 heavy (non-hydrogen) atoms. The van der Waals surface area contributed by atoms with Crippen molar-refractivity contribution in [3.63, 3.8) is 0 Å². The van der Waals surface area contributed by atoms with E-state index in [-0.39, 0.29) is 5.82 Å². The van der Waals surface area contributed by atoms with Gasteiger partial charge in [0.25, 0.3) is 5.82 Å². The summed E-state index contributed by atoms with van der Waals surface area (Å²) in [7, 11) is 3.14. The van der Waals surface area contributed by atoms with Crippen LogP contribution in [0.1, 0.15) is 16.4 Å². The number of ether oxygens (including phenoxy) is 1. The Morgan fingerprint density at radius 1 is 1.69 bits per heavy atom. The number of nitrogens with zero attached hydrogens (tertiary/aromatic N) is 2. The Morgan fingerprint density at radius 2 is 2.46 bits per heavy atom. The van der Waals surface area contributed by atoms with E-state index >= 15 is 0 Å². The smallest absolute Gasteiger partial charge is 0.377 e. The number of aromatic nitrogens is 3. The van der Waals surface area contributed by atoms with Gasteiger partial charge in [0.15, 0.2) is 0 Å². The number of carbonyl (C=O) groups is 1. The van der Waals surface area contributed by atoms with Gasteiger partial charge in [-0.1, -0.05) is 0 Å². The van der Waals surface area contributed by atoms with Crippen LogP contribution in [0.25, 0.3) is 0 Å². The molecular formula is C7H12N4O2. The molecule has 2 N–H and O–H groups in total. The zero-order valence-electron chi connectivity index (χ0n) is 7.63. The largest absolute Gasteiger partial charge is 0.463 e. The minimum absolute atomic E-state index is 0.0774. The van der Waals surface area contributed by atoms with Gasteiger partial charge in [0.05, 0.1) is 7.11 Å². The van der Waals surface area contributed by atoms with Crippen LogP contribution in [-0.2, 0) is 11.2 Å². The fraction of sp³-hybridized carbons (Fsp3) is 0.571. The molecule has 0 fully saturated rings. The standard InChI is InChI=1S/C7H12N4O2/c1-8-4-3-5-9-6(11-10-5)7(12)13-2/h8H,3-4H2,1-2H3,(H,9,10,11). The van der Waals surface area contributed by atoms with E-state index in [1.54, 1.807) is 0 Å². The molecule has 1 rings (SSSR count). The van der Waals surface area contributed by atoms with Crippen LogP contribution in [0.2, 0.25) is 0 Å². The second-order valence-corrected chi connectivity index (χ2v) is 2.45. The fourth-order valence-corrected chi connectivity index (χ4v) is 0.833. The van der Waals surface area contributed by atoms with Crippen LogP contribution in [0.15, 0.2) is 0 Å². The molecule has 0 amide bonds. The normalized spacial score (nSPS) is 10.0. The number of hydrogen-bond acceptors (Lipinski definition) is 5. The van der Waals surface area contributed by atoms with Gasteiger partial charge in [0, 0.05) is 13.0 Å². The summed E-state index contributed by atoms with van der Waals surface area (Å²) in [6, 6.07) is 0. The Kier molecular flexibility index (Phi) is 3.39. The van der Waals surface area contributed by atoms with Gasteiger partial charge in [0.1, 0.15) is 5.82 Å². The minimum atomic E-state index is -0.521. The van der Waals surface area contributed by atoms with Crippen molar-refractivity contribution in [2.24, 2.45) is 0 Å². The first-order valence-electron chi connectivity index (χ1n) is 3.92. The molecule has 0 aromatic carbocycles. The summed E-state index contributed by atoms with van der Waals surface area (Å²) < 4.78 is 4.45. The second kappa shape index (κ2) is 4.56. The minimum Gasteiger partial charge on any atom is -0.463 e. The molecule has 0 aliphatic heterocycles. The second-order valence-electron chi connectivity index (χ2n) is 2.45. The van der Waals surface area contributed by atoms with Crippen molar-refractivity contribution in [2.75, 3.05) is 20.7 Å². The van der Waals surface area contributed by atoms with Crippen LogP contribution in [0, 0.1) is 0 Å². The van der Waals surface area contributed by atoms with Crippen molar-refractivity contribution in [3.05, 3.63) is 11.6 Å². The SMILES string of the molecule is CNCCc1nc(C(=O)OC)n[nH]1. The van der Waals surface area contributed by atoms with Crippen LogP contribution in [0.4, 0.5) is 0 Å². The molecule has 6 nitrogen and oxygen atoms in total. The Hall–Kier alpha value is -1.43. The maximum Gasteiger partial charge on any atom is 0.377 e. The van der Waals surface area contributed by atoms with Crippen molar-refractivity contribution in [2.45, 2.75) is 6.42 Å². The molecule has 0 saturated carbocycles.